The van der Waals surface area contributed by atoms with Crippen LogP contribution in [0.5, 0.6) is 11.5 Å². The monoisotopic (exact) mass is 441 g/mol. The van der Waals surface area contributed by atoms with E-state index in [1.165, 1.54) is 31.4 Å². The first-order valence-corrected chi connectivity index (χ1v) is 9.16. The fourth-order valence-corrected chi connectivity index (χ4v) is 3.80. The fourth-order valence-electron chi connectivity index (χ4n) is 3.13. The fraction of sp³-hybridized carbons (Fsp3) is 0.278. The van der Waals surface area contributed by atoms with Crippen LogP contribution in [0.3, 0.4) is 0 Å². The highest BCUT2D eigenvalue weighted by Gasteiger charge is 2.45. The number of ether oxygens (including phenoxy) is 2. The number of nitrogens with two attached hydrogens (primary N) is 1. The Kier molecular flexibility index (Phi) is 4.74. The van der Waals surface area contributed by atoms with Crippen LogP contribution in [0.15, 0.2) is 18.3 Å². The summed E-state index contributed by atoms with van der Waals surface area (Å²) in [5.74, 6) is -1.54. The minimum absolute atomic E-state index is 0.126. The van der Waals surface area contributed by atoms with Gasteiger partial charge < -0.3 is 20.1 Å². The minimum atomic E-state index is -2.79. The van der Waals surface area contributed by atoms with Gasteiger partial charge in [0.25, 0.3) is 5.92 Å². The van der Waals surface area contributed by atoms with Gasteiger partial charge in [0.1, 0.15) is 23.1 Å². The average molecular weight is 442 g/mol. The van der Waals surface area contributed by atoms with Gasteiger partial charge in [-0.3, -0.25) is 0 Å². The number of fused-ring (bicyclic) bond motifs is 1. The maximum atomic E-state index is 13.5. The Balaban J connectivity index is 1.98. The van der Waals surface area contributed by atoms with Crippen LogP contribution in [0.25, 0.3) is 22.3 Å². The van der Waals surface area contributed by atoms with Gasteiger partial charge in [0.2, 0.25) is 0 Å². The molecule has 0 radical (unpaired) electrons. The number of nitrogens with zero attached hydrogens (tertiary/aromatic N) is 4. The summed E-state index contributed by atoms with van der Waals surface area (Å²) in [6.45, 7) is -0.937. The lowest BCUT2D eigenvalue weighted by Crippen LogP contribution is -2.56. The molecule has 1 aliphatic heterocycles. The zero-order chi connectivity index (χ0) is 20.9. The molecule has 4 rings (SSSR count). The second kappa shape index (κ2) is 7.00. The van der Waals surface area contributed by atoms with Gasteiger partial charge >= 0.3 is 0 Å². The predicted octanol–water partition coefficient (Wildman–Crippen LogP) is 4.05. The quantitative estimate of drug-likeness (QED) is 0.653. The zero-order valence-electron chi connectivity index (χ0n) is 15.3. The maximum absolute atomic E-state index is 13.5. The van der Waals surface area contributed by atoms with Gasteiger partial charge in [-0.25, -0.2) is 23.7 Å². The molecule has 3 heterocycles. The number of aromatic nitrogens is 3. The van der Waals surface area contributed by atoms with Crippen molar-refractivity contribution >= 4 is 45.7 Å². The molecular formula is C18H15Cl2F2N5O2. The molecule has 1 saturated heterocycles. The number of pyridine rings is 1. The molecule has 0 atom stereocenters. The average Bonchev–Trinajstić information content (AvgIpc) is 2.66. The molecule has 0 spiro atoms. The second-order valence-corrected chi connectivity index (χ2v) is 7.25. The molecule has 7 nitrogen and oxygen atoms in total. The molecule has 1 fully saturated rings. The Morgan fingerprint density at radius 2 is 1.69 bits per heavy atom. The SMILES string of the molecule is COc1cc(OC)c(Cl)c(-c2nc(N3CC(F)(F)C3)c3cc(N)ncc3n2)c1Cl. The number of hydrogen-bond acceptors (Lipinski definition) is 7. The zero-order valence-corrected chi connectivity index (χ0v) is 16.9. The van der Waals surface area contributed by atoms with E-state index < -0.39 is 19.0 Å². The van der Waals surface area contributed by atoms with Crippen LogP contribution in [-0.4, -0.2) is 48.2 Å². The van der Waals surface area contributed by atoms with Gasteiger partial charge in [-0.05, 0) is 6.07 Å². The summed E-state index contributed by atoms with van der Waals surface area (Å²) in [7, 11) is 2.89. The number of methoxy groups -OCH3 is 2. The lowest BCUT2D eigenvalue weighted by Gasteiger charge is -2.40. The molecule has 1 aliphatic rings. The Morgan fingerprint density at radius 3 is 2.24 bits per heavy atom. The smallest absolute Gasteiger partial charge is 0.282 e. The number of anilines is 2. The third kappa shape index (κ3) is 3.34. The van der Waals surface area contributed by atoms with E-state index in [0.717, 1.165) is 0 Å². The largest absolute Gasteiger partial charge is 0.495 e. The van der Waals surface area contributed by atoms with Crippen molar-refractivity contribution in [2.45, 2.75) is 5.92 Å². The topological polar surface area (TPSA) is 86.4 Å². The molecule has 0 unspecified atom stereocenters. The van der Waals surface area contributed by atoms with E-state index in [1.807, 2.05) is 0 Å². The summed E-state index contributed by atoms with van der Waals surface area (Å²) in [5, 5.41) is 0.834. The molecule has 0 bridgehead atoms. The van der Waals surface area contributed by atoms with Crippen molar-refractivity contribution in [2.24, 2.45) is 0 Å². The molecule has 1 aromatic carbocycles. The predicted molar refractivity (Wildman–Crippen MR) is 107 cm³/mol. The summed E-state index contributed by atoms with van der Waals surface area (Å²) in [6.07, 6.45) is 1.44. The highest BCUT2D eigenvalue weighted by atomic mass is 35.5. The van der Waals surface area contributed by atoms with Crippen molar-refractivity contribution in [1.29, 1.82) is 0 Å². The Bertz CT molecular complexity index is 1090. The molecule has 2 aromatic heterocycles. The van der Waals surface area contributed by atoms with E-state index >= 15 is 0 Å². The molecule has 0 aliphatic carbocycles. The molecule has 2 N–H and O–H groups in total. The highest BCUT2D eigenvalue weighted by Crippen LogP contribution is 2.46. The normalized spacial score (nSPS) is 15.3. The lowest BCUT2D eigenvalue weighted by molar-refractivity contribution is -0.0265. The maximum Gasteiger partial charge on any atom is 0.282 e. The van der Waals surface area contributed by atoms with Gasteiger partial charge in [0.05, 0.1) is 54.6 Å². The van der Waals surface area contributed by atoms with Crippen molar-refractivity contribution < 1.29 is 18.3 Å². The first kappa shape index (κ1) is 19.7. The van der Waals surface area contributed by atoms with Crippen molar-refractivity contribution in [3.05, 3.63) is 28.4 Å². The lowest BCUT2D eigenvalue weighted by atomic mass is 10.1. The molecule has 152 valence electrons. The van der Waals surface area contributed by atoms with E-state index in [2.05, 4.69) is 15.0 Å². The Hall–Kier alpha value is -2.65. The first-order chi connectivity index (χ1) is 13.7. The number of alkyl halides is 2. The van der Waals surface area contributed by atoms with Crippen molar-refractivity contribution in [2.75, 3.05) is 37.9 Å². The molecule has 0 saturated carbocycles. The molecule has 0 amide bonds. The van der Waals surface area contributed by atoms with Crippen LogP contribution in [-0.2, 0) is 0 Å². The summed E-state index contributed by atoms with van der Waals surface area (Å²) in [5.41, 5.74) is 6.44. The van der Waals surface area contributed by atoms with Gasteiger partial charge in [0.15, 0.2) is 5.82 Å². The highest BCUT2D eigenvalue weighted by molar-refractivity contribution is 6.41. The Morgan fingerprint density at radius 1 is 1.07 bits per heavy atom. The Labute approximate surface area is 174 Å². The third-order valence-corrected chi connectivity index (χ3v) is 5.27. The van der Waals surface area contributed by atoms with E-state index in [1.54, 1.807) is 6.07 Å². The summed E-state index contributed by atoms with van der Waals surface area (Å²) < 4.78 is 37.6. The van der Waals surface area contributed by atoms with Crippen LogP contribution >= 0.6 is 23.2 Å². The molecule has 11 heteroatoms. The van der Waals surface area contributed by atoms with Crippen LogP contribution in [0.2, 0.25) is 10.0 Å². The van der Waals surface area contributed by atoms with Gasteiger partial charge in [0, 0.05) is 11.5 Å². The van der Waals surface area contributed by atoms with Crippen LogP contribution in [0.1, 0.15) is 0 Å². The van der Waals surface area contributed by atoms with Crippen LogP contribution in [0.4, 0.5) is 20.4 Å². The van der Waals surface area contributed by atoms with E-state index in [0.29, 0.717) is 28.2 Å². The number of hydrogen-bond donors (Lipinski definition) is 1. The first-order valence-electron chi connectivity index (χ1n) is 8.40. The minimum Gasteiger partial charge on any atom is -0.495 e. The molecular weight excluding hydrogens is 427 g/mol. The van der Waals surface area contributed by atoms with Gasteiger partial charge in [-0.2, -0.15) is 0 Å². The number of nitrogen functional groups attached to an aromatic ring is 1. The van der Waals surface area contributed by atoms with E-state index in [4.69, 9.17) is 38.4 Å². The summed E-state index contributed by atoms with van der Waals surface area (Å²) >= 11 is 12.9. The van der Waals surface area contributed by atoms with E-state index in [-0.39, 0.29) is 27.3 Å². The molecule has 29 heavy (non-hydrogen) atoms. The van der Waals surface area contributed by atoms with Crippen molar-refractivity contribution in [3.8, 4) is 22.9 Å². The number of halogens is 4. The number of benzene rings is 1. The van der Waals surface area contributed by atoms with E-state index in [9.17, 15) is 8.78 Å². The third-order valence-electron chi connectivity index (χ3n) is 4.52. The van der Waals surface area contributed by atoms with Crippen molar-refractivity contribution in [1.82, 2.24) is 15.0 Å². The van der Waals surface area contributed by atoms with Crippen LogP contribution in [0, 0.1) is 0 Å². The summed E-state index contributed by atoms with van der Waals surface area (Å²) in [6, 6.07) is 3.08. The standard InChI is InChI=1S/C18H15Cl2F2N5O2/c1-28-10-4-11(29-2)15(20)13(14(10)19)16-25-9-5-24-12(23)3-8(9)17(26-16)27-6-18(21,22)7-27/h3-5H,6-7H2,1-2H3,(H2,23,24). The summed E-state index contributed by atoms with van der Waals surface area (Å²) in [4.78, 5) is 14.4. The second-order valence-electron chi connectivity index (χ2n) is 6.49. The van der Waals surface area contributed by atoms with Crippen molar-refractivity contribution in [3.63, 3.8) is 0 Å². The van der Waals surface area contributed by atoms with Gasteiger partial charge in [-0.1, -0.05) is 23.2 Å². The number of rotatable bonds is 4. The van der Waals surface area contributed by atoms with Gasteiger partial charge in [-0.15, -0.1) is 0 Å². The van der Waals surface area contributed by atoms with Crippen LogP contribution < -0.4 is 20.1 Å². The molecule has 3 aromatic rings.